The van der Waals surface area contributed by atoms with Crippen molar-refractivity contribution in [2.24, 2.45) is 0 Å². The number of aryl methyl sites for hydroxylation is 2. The molecule has 0 spiro atoms. The molecule has 0 aliphatic carbocycles. The van der Waals surface area contributed by atoms with E-state index in [1.165, 1.54) is 11.8 Å². The molecule has 0 radical (unpaired) electrons. The summed E-state index contributed by atoms with van der Waals surface area (Å²) in [7, 11) is 0. The van der Waals surface area contributed by atoms with E-state index in [9.17, 15) is 9.59 Å². The summed E-state index contributed by atoms with van der Waals surface area (Å²) in [6.07, 6.45) is 0. The predicted octanol–water partition coefficient (Wildman–Crippen LogP) is 4.40. The van der Waals surface area contributed by atoms with Crippen LogP contribution in [-0.2, 0) is 0 Å². The van der Waals surface area contributed by atoms with E-state index in [1.807, 2.05) is 54.6 Å². The van der Waals surface area contributed by atoms with E-state index in [0.29, 0.717) is 52.1 Å². The van der Waals surface area contributed by atoms with Gasteiger partial charge in [0.25, 0.3) is 5.56 Å². The van der Waals surface area contributed by atoms with Crippen molar-refractivity contribution >= 4 is 34.2 Å². The maximum Gasteiger partial charge on any atom is 0.267 e. The Bertz CT molecular complexity index is 1720. The number of hydrogen-bond donors (Lipinski definition) is 0. The van der Waals surface area contributed by atoms with E-state index >= 15 is 0 Å². The van der Waals surface area contributed by atoms with Crippen molar-refractivity contribution in [3.63, 3.8) is 0 Å². The molecule has 0 amide bonds. The Hall–Kier alpha value is -4.11. The van der Waals surface area contributed by atoms with Gasteiger partial charge in [0.05, 0.1) is 22.3 Å². The first-order valence-corrected chi connectivity index (χ1v) is 12.5. The Balaban J connectivity index is 1.42. The zero-order valence-corrected chi connectivity index (χ0v) is 20.5. The lowest BCUT2D eigenvalue weighted by Gasteiger charge is -2.18. The van der Waals surface area contributed by atoms with E-state index in [2.05, 4.69) is 10.2 Å². The highest BCUT2D eigenvalue weighted by Gasteiger charge is 2.21. The summed E-state index contributed by atoms with van der Waals surface area (Å²) >= 11 is 1.28. The van der Waals surface area contributed by atoms with Crippen LogP contribution in [0.1, 0.15) is 21.5 Å². The number of ketones is 1. The van der Waals surface area contributed by atoms with Crippen LogP contribution in [0.2, 0.25) is 0 Å². The minimum Gasteiger partial charge on any atom is -0.486 e. The highest BCUT2D eigenvalue weighted by molar-refractivity contribution is 7.99. The van der Waals surface area contributed by atoms with E-state index in [0.717, 1.165) is 16.8 Å². The molecule has 0 unspecified atom stereocenters. The van der Waals surface area contributed by atoms with Gasteiger partial charge in [0, 0.05) is 5.56 Å². The van der Waals surface area contributed by atoms with Crippen LogP contribution in [-0.4, -0.2) is 43.9 Å². The second-order valence-corrected chi connectivity index (χ2v) is 9.58. The van der Waals surface area contributed by atoms with Gasteiger partial charge in [0.2, 0.25) is 5.78 Å². The van der Waals surface area contributed by atoms with Crippen LogP contribution in [0.15, 0.2) is 70.6 Å². The number of rotatable bonds is 5. The molecule has 6 rings (SSSR count). The Morgan fingerprint density at radius 1 is 0.972 bits per heavy atom. The first-order valence-electron chi connectivity index (χ1n) is 11.5. The van der Waals surface area contributed by atoms with Gasteiger partial charge in [-0.15, -0.1) is 10.2 Å². The van der Waals surface area contributed by atoms with Gasteiger partial charge in [-0.25, -0.2) is 4.57 Å². The molecule has 5 aromatic rings. The minimum absolute atomic E-state index is 0.0686. The molecular weight excluding hydrogens is 476 g/mol. The normalized spacial score (nSPS) is 12.8. The van der Waals surface area contributed by atoms with Crippen molar-refractivity contribution in [3.05, 3.63) is 87.7 Å². The maximum absolute atomic E-state index is 13.6. The predicted molar refractivity (Wildman–Crippen MR) is 138 cm³/mol. The number of hydrogen-bond acceptors (Lipinski definition) is 7. The Kier molecular flexibility index (Phi) is 5.49. The second kappa shape index (κ2) is 8.83. The third-order valence-electron chi connectivity index (χ3n) is 6.20. The van der Waals surface area contributed by atoms with Crippen LogP contribution in [0.4, 0.5) is 0 Å². The summed E-state index contributed by atoms with van der Waals surface area (Å²) in [5.74, 6) is 1.71. The van der Waals surface area contributed by atoms with Crippen molar-refractivity contribution < 1.29 is 14.3 Å². The standard InChI is InChI=1S/C27H22N4O4S/c1-16-7-8-17(2)21(13-16)30-25(33)19-5-3-4-6-20(19)31-26(30)28-29-27(31)36-15-22(32)18-9-10-23-24(14-18)35-12-11-34-23/h3-10,13-14H,11-12,15H2,1-2H3. The molecule has 0 saturated carbocycles. The fourth-order valence-corrected chi connectivity index (χ4v) is 5.21. The van der Waals surface area contributed by atoms with E-state index in [4.69, 9.17) is 9.47 Å². The summed E-state index contributed by atoms with van der Waals surface area (Å²) < 4.78 is 14.6. The van der Waals surface area contributed by atoms with Gasteiger partial charge in [-0.05, 0) is 61.4 Å². The lowest BCUT2D eigenvalue weighted by atomic mass is 10.1. The van der Waals surface area contributed by atoms with Crippen molar-refractivity contribution in [3.8, 4) is 17.2 Å². The van der Waals surface area contributed by atoms with Gasteiger partial charge < -0.3 is 9.47 Å². The van der Waals surface area contributed by atoms with E-state index < -0.39 is 0 Å². The van der Waals surface area contributed by atoms with E-state index in [-0.39, 0.29) is 17.1 Å². The molecule has 180 valence electrons. The zero-order chi connectivity index (χ0) is 24.8. The highest BCUT2D eigenvalue weighted by atomic mass is 32.2. The SMILES string of the molecule is Cc1ccc(C)c(-n2c(=O)c3ccccc3n3c(SCC(=O)c4ccc5c(c4)OCCO5)nnc23)c1. The Morgan fingerprint density at radius 3 is 2.64 bits per heavy atom. The van der Waals surface area contributed by atoms with Gasteiger partial charge in [-0.2, -0.15) is 0 Å². The summed E-state index contributed by atoms with van der Waals surface area (Å²) in [6, 6.07) is 18.6. The van der Waals surface area contributed by atoms with Gasteiger partial charge >= 0.3 is 0 Å². The molecule has 0 atom stereocenters. The van der Waals surface area contributed by atoms with Crippen LogP contribution < -0.4 is 15.0 Å². The van der Waals surface area contributed by atoms with Crippen molar-refractivity contribution in [1.29, 1.82) is 0 Å². The van der Waals surface area contributed by atoms with Gasteiger partial charge in [0.1, 0.15) is 13.2 Å². The molecule has 8 nitrogen and oxygen atoms in total. The molecule has 9 heteroatoms. The highest BCUT2D eigenvalue weighted by Crippen LogP contribution is 2.32. The zero-order valence-electron chi connectivity index (χ0n) is 19.7. The Morgan fingerprint density at radius 2 is 1.78 bits per heavy atom. The molecule has 3 aromatic carbocycles. The van der Waals surface area contributed by atoms with Crippen molar-refractivity contribution in [2.75, 3.05) is 19.0 Å². The number of fused-ring (bicyclic) bond motifs is 4. The van der Waals surface area contributed by atoms with Crippen LogP contribution >= 0.6 is 11.8 Å². The number of ether oxygens (including phenoxy) is 2. The average Bonchev–Trinajstić information content (AvgIpc) is 3.33. The third kappa shape index (κ3) is 3.72. The molecule has 0 bridgehead atoms. The molecule has 0 N–H and O–H groups in total. The molecule has 2 aromatic heterocycles. The Labute approximate surface area is 210 Å². The number of nitrogens with zero attached hydrogens (tertiary/aromatic N) is 4. The molecule has 1 aliphatic rings. The van der Waals surface area contributed by atoms with Crippen molar-refractivity contribution in [2.45, 2.75) is 19.0 Å². The molecule has 36 heavy (non-hydrogen) atoms. The lowest BCUT2D eigenvalue weighted by Crippen LogP contribution is -2.22. The largest absolute Gasteiger partial charge is 0.486 e. The minimum atomic E-state index is -0.164. The molecule has 0 saturated heterocycles. The maximum atomic E-state index is 13.6. The van der Waals surface area contributed by atoms with Gasteiger partial charge in [0.15, 0.2) is 22.4 Å². The first kappa shape index (κ1) is 22.4. The van der Waals surface area contributed by atoms with E-state index in [1.54, 1.807) is 28.8 Å². The number of thioether (sulfide) groups is 1. The molecule has 3 heterocycles. The number of carbonyl (C=O) groups excluding carboxylic acids is 1. The van der Waals surface area contributed by atoms with Gasteiger partial charge in [-0.1, -0.05) is 36.0 Å². The summed E-state index contributed by atoms with van der Waals surface area (Å²) in [6.45, 7) is 4.91. The van der Waals surface area contributed by atoms with Crippen LogP contribution in [0.3, 0.4) is 0 Å². The summed E-state index contributed by atoms with van der Waals surface area (Å²) in [5, 5.41) is 9.85. The second-order valence-electron chi connectivity index (χ2n) is 8.64. The number of Topliss-reactive ketones (excluding diaryl/α,β-unsaturated/α-hetero) is 1. The van der Waals surface area contributed by atoms with Crippen LogP contribution in [0.5, 0.6) is 11.5 Å². The topological polar surface area (TPSA) is 87.7 Å². The van der Waals surface area contributed by atoms with Crippen LogP contribution in [0, 0.1) is 13.8 Å². The van der Waals surface area contributed by atoms with Gasteiger partial charge in [-0.3, -0.25) is 14.0 Å². The number of para-hydroxylation sites is 1. The molecular formula is C27H22N4O4S. The molecule has 1 aliphatic heterocycles. The monoisotopic (exact) mass is 498 g/mol. The van der Waals surface area contributed by atoms with Crippen molar-refractivity contribution in [1.82, 2.24) is 19.2 Å². The first-order chi connectivity index (χ1) is 17.5. The molecule has 0 fully saturated rings. The lowest BCUT2D eigenvalue weighted by molar-refractivity contribution is 0.102. The number of benzene rings is 3. The van der Waals surface area contributed by atoms with Crippen LogP contribution in [0.25, 0.3) is 22.4 Å². The third-order valence-corrected chi connectivity index (χ3v) is 7.13. The summed E-state index contributed by atoms with van der Waals surface area (Å²) in [5.41, 5.74) is 3.81. The number of aromatic nitrogens is 4. The fraction of sp³-hybridized carbons (Fsp3) is 0.185. The fourth-order valence-electron chi connectivity index (χ4n) is 4.38. The quantitative estimate of drug-likeness (QED) is 0.262. The average molecular weight is 499 g/mol. The summed E-state index contributed by atoms with van der Waals surface area (Å²) in [4.78, 5) is 26.6. The number of carbonyl (C=O) groups is 1. The smallest absolute Gasteiger partial charge is 0.267 e.